The number of likely N-dealkylation sites (N-methyl/N-ethyl adjacent to an activating group) is 1. The number of carbonyl (C=O) groups is 1. The zero-order valence-corrected chi connectivity index (χ0v) is 23.2. The molecule has 1 aromatic heterocycles. The summed E-state index contributed by atoms with van der Waals surface area (Å²) in [5, 5.41) is 9.04. The van der Waals surface area contributed by atoms with Crippen molar-refractivity contribution >= 4 is 5.91 Å². The number of hydrogen-bond acceptors (Lipinski definition) is 4. The number of hydrogen-bond donors (Lipinski definition) is 0. The maximum absolute atomic E-state index is 13.5. The van der Waals surface area contributed by atoms with Gasteiger partial charge < -0.3 is 14.4 Å². The molecule has 5 rings (SSSR count). The molecule has 1 aliphatic rings. The number of amides is 1. The van der Waals surface area contributed by atoms with Gasteiger partial charge in [-0.2, -0.15) is 5.26 Å². The van der Waals surface area contributed by atoms with Gasteiger partial charge in [0.1, 0.15) is 0 Å². The molecule has 2 heterocycles. The summed E-state index contributed by atoms with van der Waals surface area (Å²) in [6.45, 7) is 4.09. The smallest absolute Gasteiger partial charge is 0.226 e. The first kappa shape index (κ1) is 27.4. The van der Waals surface area contributed by atoms with Gasteiger partial charge in [-0.25, -0.2) is 4.98 Å². The van der Waals surface area contributed by atoms with Gasteiger partial charge in [-0.15, -0.1) is 0 Å². The van der Waals surface area contributed by atoms with Crippen LogP contribution in [0, 0.1) is 17.2 Å². The second-order valence-electron chi connectivity index (χ2n) is 10.8. The van der Waals surface area contributed by atoms with Crippen molar-refractivity contribution in [3.8, 4) is 6.07 Å². The van der Waals surface area contributed by atoms with Gasteiger partial charge in [0.25, 0.3) is 0 Å². The molecule has 3 aromatic carbocycles. The third-order valence-electron chi connectivity index (χ3n) is 8.01. The molecule has 40 heavy (non-hydrogen) atoms. The topological polar surface area (TPSA) is 65.2 Å². The molecule has 0 unspecified atom stereocenters. The minimum Gasteiger partial charge on any atom is -0.345 e. The zero-order chi connectivity index (χ0) is 27.7. The lowest BCUT2D eigenvalue weighted by molar-refractivity contribution is -0.136. The highest BCUT2D eigenvalue weighted by Gasteiger charge is 2.29. The first-order valence-corrected chi connectivity index (χ1v) is 14.2. The van der Waals surface area contributed by atoms with Gasteiger partial charge in [-0.05, 0) is 48.2 Å². The van der Waals surface area contributed by atoms with E-state index >= 15 is 0 Å². The summed E-state index contributed by atoms with van der Waals surface area (Å²) in [5.74, 6) is 0.540. The standard InChI is InChI=1S/C34H37N5O/c1-37(20-18-32-22-36-26-39(32)23-28-16-14-27(21-35)15-17-28)34(40)31-13-8-19-38(24-31)25-33(29-9-4-2-5-10-29)30-11-6-3-7-12-30/h2-7,9-12,14-17,22,26,31,33H,8,13,18-20,23-25H2,1H3/t31-/m0/s1. The summed E-state index contributed by atoms with van der Waals surface area (Å²) in [4.78, 5) is 22.3. The summed E-state index contributed by atoms with van der Waals surface area (Å²) in [6.07, 6.45) is 6.45. The largest absolute Gasteiger partial charge is 0.345 e. The van der Waals surface area contributed by atoms with Gasteiger partial charge in [-0.1, -0.05) is 72.8 Å². The Morgan fingerprint density at radius 1 is 1.02 bits per heavy atom. The van der Waals surface area contributed by atoms with Crippen LogP contribution in [-0.2, 0) is 17.8 Å². The fourth-order valence-corrected chi connectivity index (χ4v) is 5.74. The minimum atomic E-state index is 0.0227. The van der Waals surface area contributed by atoms with Crippen molar-refractivity contribution in [2.45, 2.75) is 31.7 Å². The average Bonchev–Trinajstić information content (AvgIpc) is 3.46. The van der Waals surface area contributed by atoms with E-state index in [1.54, 1.807) is 0 Å². The van der Waals surface area contributed by atoms with E-state index in [2.05, 4.69) is 81.2 Å². The van der Waals surface area contributed by atoms with Crippen LogP contribution in [0.1, 0.15) is 46.7 Å². The van der Waals surface area contributed by atoms with Crippen LogP contribution in [0.15, 0.2) is 97.5 Å². The van der Waals surface area contributed by atoms with E-state index in [4.69, 9.17) is 5.26 Å². The van der Waals surface area contributed by atoms with Gasteiger partial charge in [-0.3, -0.25) is 4.79 Å². The third kappa shape index (κ3) is 6.86. The Balaban J connectivity index is 1.18. The maximum Gasteiger partial charge on any atom is 0.226 e. The monoisotopic (exact) mass is 531 g/mol. The Hall–Kier alpha value is -4.21. The molecule has 1 saturated heterocycles. The molecular formula is C34H37N5O. The van der Waals surface area contributed by atoms with Crippen LogP contribution in [0.3, 0.4) is 0 Å². The zero-order valence-electron chi connectivity index (χ0n) is 23.2. The maximum atomic E-state index is 13.5. The van der Waals surface area contributed by atoms with Gasteiger partial charge in [0.2, 0.25) is 5.91 Å². The summed E-state index contributed by atoms with van der Waals surface area (Å²) >= 11 is 0. The Morgan fingerprint density at radius 3 is 2.35 bits per heavy atom. The van der Waals surface area contributed by atoms with Crippen LogP contribution in [0.5, 0.6) is 0 Å². The van der Waals surface area contributed by atoms with Crippen molar-refractivity contribution in [3.63, 3.8) is 0 Å². The van der Waals surface area contributed by atoms with Crippen molar-refractivity contribution in [2.24, 2.45) is 5.92 Å². The predicted molar refractivity (Wildman–Crippen MR) is 158 cm³/mol. The van der Waals surface area contributed by atoms with Gasteiger partial charge in [0, 0.05) is 57.5 Å². The highest BCUT2D eigenvalue weighted by molar-refractivity contribution is 5.79. The first-order valence-electron chi connectivity index (χ1n) is 14.2. The molecule has 0 saturated carbocycles. The molecular weight excluding hydrogens is 494 g/mol. The van der Waals surface area contributed by atoms with E-state index in [9.17, 15) is 4.79 Å². The van der Waals surface area contributed by atoms with Crippen molar-refractivity contribution < 1.29 is 4.79 Å². The van der Waals surface area contributed by atoms with E-state index < -0.39 is 0 Å². The van der Waals surface area contributed by atoms with Crippen molar-refractivity contribution in [3.05, 3.63) is 125 Å². The van der Waals surface area contributed by atoms with Crippen molar-refractivity contribution in [1.29, 1.82) is 5.26 Å². The Labute approximate surface area is 237 Å². The molecule has 1 amide bonds. The molecule has 6 nitrogen and oxygen atoms in total. The Morgan fingerprint density at radius 2 is 1.70 bits per heavy atom. The van der Waals surface area contributed by atoms with Crippen molar-refractivity contribution in [1.82, 2.24) is 19.4 Å². The fraction of sp³-hybridized carbons (Fsp3) is 0.324. The van der Waals surface area contributed by atoms with Gasteiger partial charge in [0.05, 0.1) is 23.9 Å². The lowest BCUT2D eigenvalue weighted by atomic mass is 9.89. The van der Waals surface area contributed by atoms with E-state index in [1.165, 1.54) is 11.1 Å². The number of carbonyl (C=O) groups excluding carboxylic acids is 1. The molecule has 0 bridgehead atoms. The Bertz CT molecular complexity index is 1370. The molecule has 0 radical (unpaired) electrons. The molecule has 4 aromatic rings. The quantitative estimate of drug-likeness (QED) is 0.277. The van der Waals surface area contributed by atoms with Crippen LogP contribution in [-0.4, -0.2) is 58.5 Å². The molecule has 0 spiro atoms. The van der Waals surface area contributed by atoms with E-state index in [1.807, 2.05) is 48.7 Å². The number of piperidine rings is 1. The fourth-order valence-electron chi connectivity index (χ4n) is 5.74. The number of rotatable bonds is 10. The van der Waals surface area contributed by atoms with Gasteiger partial charge in [0.15, 0.2) is 0 Å². The number of benzene rings is 3. The van der Waals surface area contributed by atoms with Crippen LogP contribution in [0.2, 0.25) is 0 Å². The third-order valence-corrected chi connectivity index (χ3v) is 8.01. The van der Waals surface area contributed by atoms with Crippen LogP contribution < -0.4 is 0 Å². The van der Waals surface area contributed by atoms with Crippen LogP contribution >= 0.6 is 0 Å². The number of aromatic nitrogens is 2. The van der Waals surface area contributed by atoms with E-state index in [0.717, 1.165) is 50.2 Å². The number of nitriles is 1. The lowest BCUT2D eigenvalue weighted by Crippen LogP contribution is -2.45. The first-order chi connectivity index (χ1) is 19.6. The summed E-state index contributed by atoms with van der Waals surface area (Å²) < 4.78 is 2.12. The lowest BCUT2D eigenvalue weighted by Gasteiger charge is -2.36. The highest BCUT2D eigenvalue weighted by atomic mass is 16.2. The molecule has 0 N–H and O–H groups in total. The number of likely N-dealkylation sites (tertiary alicyclic amines) is 1. The second kappa shape index (κ2) is 13.2. The molecule has 0 aliphatic carbocycles. The van der Waals surface area contributed by atoms with E-state index in [-0.39, 0.29) is 17.7 Å². The molecule has 1 atom stereocenters. The normalized spacial score (nSPS) is 15.6. The Kier molecular flexibility index (Phi) is 9.05. The summed E-state index contributed by atoms with van der Waals surface area (Å²) in [6, 6.07) is 31.2. The van der Waals surface area contributed by atoms with Gasteiger partial charge >= 0.3 is 0 Å². The number of imidazole rings is 1. The predicted octanol–water partition coefficient (Wildman–Crippen LogP) is 5.35. The second-order valence-corrected chi connectivity index (χ2v) is 10.8. The van der Waals surface area contributed by atoms with Crippen LogP contribution in [0.25, 0.3) is 0 Å². The minimum absolute atomic E-state index is 0.0227. The van der Waals surface area contributed by atoms with Crippen LogP contribution in [0.4, 0.5) is 0 Å². The summed E-state index contributed by atoms with van der Waals surface area (Å²) in [5.41, 5.74) is 5.51. The molecule has 6 heteroatoms. The molecule has 1 aliphatic heterocycles. The number of nitrogens with zero attached hydrogens (tertiary/aromatic N) is 5. The molecule has 1 fully saturated rings. The SMILES string of the molecule is CN(CCc1cncn1Cc1ccc(C#N)cc1)C(=O)[C@H]1CCCN(CC(c2ccccc2)c2ccccc2)C1. The summed E-state index contributed by atoms with van der Waals surface area (Å²) in [7, 11) is 1.93. The van der Waals surface area contributed by atoms with Crippen molar-refractivity contribution in [2.75, 3.05) is 33.2 Å². The highest BCUT2D eigenvalue weighted by Crippen LogP contribution is 2.28. The average molecular weight is 532 g/mol. The van der Waals surface area contributed by atoms with E-state index in [0.29, 0.717) is 18.7 Å². The molecule has 204 valence electrons.